The lowest BCUT2D eigenvalue weighted by atomic mass is 9.81. The van der Waals surface area contributed by atoms with E-state index in [2.05, 4.69) is 168 Å². The number of benzene rings is 6. The molecule has 0 N–H and O–H groups in total. The van der Waals surface area contributed by atoms with Gasteiger partial charge in [0, 0.05) is 26.3 Å². The second-order valence-corrected chi connectivity index (χ2v) is 12.5. The summed E-state index contributed by atoms with van der Waals surface area (Å²) in [6.45, 7) is 4.68. The second kappa shape index (κ2) is 9.06. The Morgan fingerprint density at radius 1 is 0.488 bits per heavy atom. The molecular formula is C39H28BrN. The van der Waals surface area contributed by atoms with Crippen molar-refractivity contribution in [2.45, 2.75) is 19.3 Å². The monoisotopic (exact) mass is 589 g/mol. The summed E-state index contributed by atoms with van der Waals surface area (Å²) >= 11 is 3.68. The van der Waals surface area contributed by atoms with Crippen LogP contribution in [0.15, 0.2) is 138 Å². The molecule has 1 aromatic heterocycles. The van der Waals surface area contributed by atoms with Crippen LogP contribution in [0, 0.1) is 0 Å². The number of rotatable bonds is 3. The van der Waals surface area contributed by atoms with Gasteiger partial charge in [0.2, 0.25) is 0 Å². The lowest BCUT2D eigenvalue weighted by Gasteiger charge is -2.22. The minimum atomic E-state index is -0.0416. The van der Waals surface area contributed by atoms with Gasteiger partial charge in [-0.25, -0.2) is 0 Å². The molecule has 0 fully saturated rings. The molecule has 8 rings (SSSR count). The molecule has 2 heteroatoms. The van der Waals surface area contributed by atoms with E-state index in [1.165, 1.54) is 72.0 Å². The summed E-state index contributed by atoms with van der Waals surface area (Å²) < 4.78 is 3.50. The fourth-order valence-corrected chi connectivity index (χ4v) is 7.14. The summed E-state index contributed by atoms with van der Waals surface area (Å²) in [5.41, 5.74) is 14.0. The molecule has 1 nitrogen and oxygen atoms in total. The average molecular weight is 591 g/mol. The average Bonchev–Trinajstić information content (AvgIpc) is 3.45. The van der Waals surface area contributed by atoms with Crippen LogP contribution in [0.5, 0.6) is 0 Å². The first-order chi connectivity index (χ1) is 20.0. The van der Waals surface area contributed by atoms with Crippen molar-refractivity contribution in [3.63, 3.8) is 0 Å². The zero-order valence-electron chi connectivity index (χ0n) is 23.0. The molecular weight excluding hydrogens is 562 g/mol. The van der Waals surface area contributed by atoms with Gasteiger partial charge in [-0.2, -0.15) is 0 Å². The van der Waals surface area contributed by atoms with Crippen molar-refractivity contribution in [2.24, 2.45) is 0 Å². The number of hydrogen-bond donors (Lipinski definition) is 0. The number of nitrogens with zero attached hydrogens (tertiary/aromatic N) is 1. The summed E-state index contributed by atoms with van der Waals surface area (Å²) in [7, 11) is 0. The molecule has 0 atom stereocenters. The van der Waals surface area contributed by atoms with Crippen LogP contribution in [0.2, 0.25) is 0 Å². The maximum absolute atomic E-state index is 3.68. The molecule has 0 saturated heterocycles. The third-order valence-electron chi connectivity index (χ3n) is 8.85. The van der Waals surface area contributed by atoms with Crippen molar-refractivity contribution in [1.29, 1.82) is 0 Å². The number of fused-ring (bicyclic) bond motifs is 6. The fourth-order valence-electron chi connectivity index (χ4n) is 6.78. The predicted octanol–water partition coefficient (Wildman–Crippen LogP) is 11.2. The summed E-state index contributed by atoms with van der Waals surface area (Å²) in [6, 6.07) is 48.9. The lowest BCUT2D eigenvalue weighted by Crippen LogP contribution is -2.15. The summed E-state index contributed by atoms with van der Waals surface area (Å²) in [4.78, 5) is 0. The molecule has 0 amide bonds. The molecule has 41 heavy (non-hydrogen) atoms. The Hall–Kier alpha value is -4.40. The van der Waals surface area contributed by atoms with Crippen molar-refractivity contribution in [3.8, 4) is 39.1 Å². The van der Waals surface area contributed by atoms with E-state index >= 15 is 0 Å². The highest BCUT2D eigenvalue weighted by atomic mass is 79.9. The topological polar surface area (TPSA) is 4.93 Å². The van der Waals surface area contributed by atoms with E-state index in [0.29, 0.717) is 0 Å². The first-order valence-corrected chi connectivity index (χ1v) is 14.9. The first kappa shape index (κ1) is 24.4. The molecule has 6 aromatic carbocycles. The van der Waals surface area contributed by atoms with Crippen LogP contribution in [0.4, 0.5) is 0 Å². The van der Waals surface area contributed by atoms with Crippen molar-refractivity contribution in [1.82, 2.24) is 4.57 Å². The minimum absolute atomic E-state index is 0.0416. The van der Waals surface area contributed by atoms with Gasteiger partial charge in [-0.05, 0) is 99.1 Å². The Labute approximate surface area is 248 Å². The molecule has 1 heterocycles. The van der Waals surface area contributed by atoms with Gasteiger partial charge in [-0.1, -0.05) is 109 Å². The molecule has 0 aliphatic heterocycles. The van der Waals surface area contributed by atoms with Crippen molar-refractivity contribution in [2.75, 3.05) is 0 Å². The van der Waals surface area contributed by atoms with Crippen molar-refractivity contribution >= 4 is 37.7 Å². The predicted molar refractivity (Wildman–Crippen MR) is 177 cm³/mol. The minimum Gasteiger partial charge on any atom is -0.309 e. The van der Waals surface area contributed by atoms with E-state index in [0.717, 1.165) is 4.47 Å². The number of aromatic nitrogens is 1. The third-order valence-corrected chi connectivity index (χ3v) is 9.35. The van der Waals surface area contributed by atoms with E-state index < -0.39 is 0 Å². The number of halogens is 1. The van der Waals surface area contributed by atoms with Crippen LogP contribution in [0.3, 0.4) is 0 Å². The maximum atomic E-state index is 3.68. The second-order valence-electron chi connectivity index (χ2n) is 11.6. The molecule has 7 aromatic rings. The standard InChI is InChI=1S/C39H28BrN/c1-39(2)35-23-28(15-18-31(35)32-19-17-29(40)24-36(32)39)26-10-8-9-25(21-26)27-16-20-38-34(22-27)33-13-6-7-14-37(33)41(38)30-11-4-3-5-12-30/h3-24H,1-2H3. The molecule has 0 unspecified atom stereocenters. The molecule has 0 radical (unpaired) electrons. The molecule has 0 saturated carbocycles. The normalized spacial score (nSPS) is 13.4. The van der Waals surface area contributed by atoms with Crippen LogP contribution in [-0.4, -0.2) is 4.57 Å². The Morgan fingerprint density at radius 3 is 1.90 bits per heavy atom. The number of hydrogen-bond acceptors (Lipinski definition) is 0. The van der Waals surface area contributed by atoms with E-state index in [1.54, 1.807) is 0 Å². The van der Waals surface area contributed by atoms with E-state index in [1.807, 2.05) is 0 Å². The molecule has 1 aliphatic carbocycles. The summed E-state index contributed by atoms with van der Waals surface area (Å²) in [5, 5.41) is 2.55. The van der Waals surface area contributed by atoms with E-state index in [-0.39, 0.29) is 5.41 Å². The van der Waals surface area contributed by atoms with Gasteiger partial charge in [-0.3, -0.25) is 0 Å². The van der Waals surface area contributed by atoms with Gasteiger partial charge < -0.3 is 4.57 Å². The van der Waals surface area contributed by atoms with Gasteiger partial charge in [0.05, 0.1) is 11.0 Å². The Morgan fingerprint density at radius 2 is 1.10 bits per heavy atom. The van der Waals surface area contributed by atoms with E-state index in [9.17, 15) is 0 Å². The van der Waals surface area contributed by atoms with Crippen LogP contribution >= 0.6 is 15.9 Å². The Balaban J connectivity index is 1.24. The first-order valence-electron chi connectivity index (χ1n) is 14.1. The largest absolute Gasteiger partial charge is 0.309 e. The zero-order valence-corrected chi connectivity index (χ0v) is 24.6. The highest BCUT2D eigenvalue weighted by Crippen LogP contribution is 2.50. The Bertz CT molecular complexity index is 2130. The molecule has 0 bridgehead atoms. The Kier molecular flexibility index (Phi) is 5.39. The third kappa shape index (κ3) is 3.74. The van der Waals surface area contributed by atoms with E-state index in [4.69, 9.17) is 0 Å². The summed E-state index contributed by atoms with van der Waals surface area (Å²) in [5.74, 6) is 0. The van der Waals surface area contributed by atoms with Gasteiger partial charge in [-0.15, -0.1) is 0 Å². The highest BCUT2D eigenvalue weighted by molar-refractivity contribution is 9.10. The molecule has 1 aliphatic rings. The maximum Gasteiger partial charge on any atom is 0.0541 e. The van der Waals surface area contributed by atoms with Crippen LogP contribution in [0.1, 0.15) is 25.0 Å². The van der Waals surface area contributed by atoms with Crippen LogP contribution < -0.4 is 0 Å². The smallest absolute Gasteiger partial charge is 0.0541 e. The van der Waals surface area contributed by atoms with Crippen LogP contribution in [-0.2, 0) is 5.41 Å². The fraction of sp³-hybridized carbons (Fsp3) is 0.0769. The van der Waals surface area contributed by atoms with Gasteiger partial charge >= 0.3 is 0 Å². The van der Waals surface area contributed by atoms with Crippen LogP contribution in [0.25, 0.3) is 60.9 Å². The van der Waals surface area contributed by atoms with Crippen molar-refractivity contribution in [3.05, 3.63) is 149 Å². The molecule has 196 valence electrons. The SMILES string of the molecule is CC1(C)c2cc(Br)ccc2-c2ccc(-c3cccc(-c4ccc5c(c4)c4ccccc4n5-c4ccccc4)c3)cc21. The van der Waals surface area contributed by atoms with Crippen molar-refractivity contribution < 1.29 is 0 Å². The zero-order chi connectivity index (χ0) is 27.7. The van der Waals surface area contributed by atoms with Gasteiger partial charge in [0.25, 0.3) is 0 Å². The highest BCUT2D eigenvalue weighted by Gasteiger charge is 2.35. The molecule has 0 spiro atoms. The lowest BCUT2D eigenvalue weighted by molar-refractivity contribution is 0.660. The summed E-state index contributed by atoms with van der Waals surface area (Å²) in [6.07, 6.45) is 0. The number of para-hydroxylation sites is 2. The van der Waals surface area contributed by atoms with Gasteiger partial charge in [0.15, 0.2) is 0 Å². The quantitative estimate of drug-likeness (QED) is 0.193. The van der Waals surface area contributed by atoms with Gasteiger partial charge in [0.1, 0.15) is 0 Å².